The molecule has 5 nitrogen and oxygen atoms in total. The van der Waals surface area contributed by atoms with E-state index in [-0.39, 0.29) is 6.03 Å². The number of nitrogens with one attached hydrogen (secondary N) is 1. The molecule has 0 unspecified atom stereocenters. The Hall–Kier alpha value is -3.08. The number of aromatic nitrogens is 1. The molecule has 1 aliphatic heterocycles. The zero-order chi connectivity index (χ0) is 18.6. The molecule has 0 saturated carbocycles. The highest BCUT2D eigenvalue weighted by Gasteiger charge is 2.22. The predicted molar refractivity (Wildman–Crippen MR) is 109 cm³/mol. The number of anilines is 1. The number of nitrogens with zero attached hydrogens (tertiary/aromatic N) is 3. The van der Waals surface area contributed by atoms with E-state index in [0.717, 1.165) is 35.2 Å². The fourth-order valence-electron chi connectivity index (χ4n) is 3.49. The molecule has 0 atom stereocenters. The Kier molecular flexibility index (Phi) is 4.92. The first-order chi connectivity index (χ1) is 13.2. The van der Waals surface area contributed by atoms with Gasteiger partial charge in [-0.2, -0.15) is 0 Å². The summed E-state index contributed by atoms with van der Waals surface area (Å²) in [4.78, 5) is 21.2. The van der Waals surface area contributed by atoms with Gasteiger partial charge in [0.1, 0.15) is 0 Å². The van der Waals surface area contributed by atoms with Gasteiger partial charge in [-0.15, -0.1) is 0 Å². The molecule has 1 saturated heterocycles. The van der Waals surface area contributed by atoms with E-state index in [1.165, 1.54) is 5.56 Å². The first kappa shape index (κ1) is 17.3. The number of hydrogen-bond acceptors (Lipinski definition) is 3. The van der Waals surface area contributed by atoms with Crippen molar-refractivity contribution < 1.29 is 4.79 Å². The van der Waals surface area contributed by atoms with Gasteiger partial charge in [0.2, 0.25) is 0 Å². The number of para-hydroxylation sites is 1. The Labute approximate surface area is 159 Å². The summed E-state index contributed by atoms with van der Waals surface area (Å²) in [5.41, 5.74) is 4.52. The smallest absolute Gasteiger partial charge is 0.317 e. The zero-order valence-corrected chi connectivity index (χ0v) is 15.6. The van der Waals surface area contributed by atoms with Crippen LogP contribution in [0.15, 0.2) is 60.8 Å². The van der Waals surface area contributed by atoms with E-state index in [9.17, 15) is 4.79 Å². The van der Waals surface area contributed by atoms with Gasteiger partial charge in [0.05, 0.1) is 11.2 Å². The molecule has 0 spiro atoms. The number of amides is 2. The molecule has 2 amide bonds. The molecule has 5 heteroatoms. The summed E-state index contributed by atoms with van der Waals surface area (Å²) in [5, 5.41) is 4.18. The third-order valence-electron chi connectivity index (χ3n) is 5.08. The molecule has 4 rings (SSSR count). The van der Waals surface area contributed by atoms with Crippen LogP contribution in [0.25, 0.3) is 10.9 Å². The summed E-state index contributed by atoms with van der Waals surface area (Å²) < 4.78 is 0. The first-order valence-corrected chi connectivity index (χ1v) is 9.38. The van der Waals surface area contributed by atoms with Crippen LogP contribution in [0.5, 0.6) is 0 Å². The van der Waals surface area contributed by atoms with Gasteiger partial charge in [-0.3, -0.25) is 4.98 Å². The molecule has 1 fully saturated rings. The maximum Gasteiger partial charge on any atom is 0.317 e. The van der Waals surface area contributed by atoms with Crippen molar-refractivity contribution >= 4 is 22.6 Å². The van der Waals surface area contributed by atoms with Gasteiger partial charge in [0.15, 0.2) is 0 Å². The van der Waals surface area contributed by atoms with E-state index in [1.54, 1.807) is 0 Å². The van der Waals surface area contributed by atoms with Crippen LogP contribution in [0.4, 0.5) is 10.5 Å². The molecule has 0 bridgehead atoms. The molecule has 0 radical (unpaired) electrons. The minimum absolute atomic E-state index is 0.00581. The standard InChI is InChI=1S/C22H24N4O/c1-17-7-9-18(10-8-17)16-24-22(27)26-14-12-25(13-15-26)20-6-2-4-19-5-3-11-23-21(19)20/h2-11H,12-16H2,1H3,(H,24,27). The second-order valence-electron chi connectivity index (χ2n) is 6.97. The average Bonchev–Trinajstić information content (AvgIpc) is 2.73. The fraction of sp³-hybridized carbons (Fsp3) is 0.273. The molecule has 1 aromatic heterocycles. The van der Waals surface area contributed by atoms with Crippen molar-refractivity contribution in [1.82, 2.24) is 15.2 Å². The maximum atomic E-state index is 12.5. The lowest BCUT2D eigenvalue weighted by atomic mass is 10.1. The third-order valence-corrected chi connectivity index (χ3v) is 5.08. The molecule has 2 aromatic carbocycles. The van der Waals surface area contributed by atoms with Crippen molar-refractivity contribution in [1.29, 1.82) is 0 Å². The maximum absolute atomic E-state index is 12.5. The quantitative estimate of drug-likeness (QED) is 0.777. The van der Waals surface area contributed by atoms with Crippen molar-refractivity contribution in [3.8, 4) is 0 Å². The lowest BCUT2D eigenvalue weighted by Crippen LogP contribution is -2.51. The Balaban J connectivity index is 1.35. The van der Waals surface area contributed by atoms with Crippen LogP contribution in [-0.4, -0.2) is 42.1 Å². The van der Waals surface area contributed by atoms with Crippen molar-refractivity contribution in [2.45, 2.75) is 13.5 Å². The van der Waals surface area contributed by atoms with Gasteiger partial charge in [-0.25, -0.2) is 4.79 Å². The number of pyridine rings is 1. The van der Waals surface area contributed by atoms with Crippen molar-refractivity contribution in [3.05, 3.63) is 71.9 Å². The number of benzene rings is 2. The number of carbonyl (C=O) groups excluding carboxylic acids is 1. The normalized spacial score (nSPS) is 14.4. The highest BCUT2D eigenvalue weighted by Crippen LogP contribution is 2.25. The largest absolute Gasteiger partial charge is 0.366 e. The molecular weight excluding hydrogens is 336 g/mol. The first-order valence-electron chi connectivity index (χ1n) is 9.38. The van der Waals surface area contributed by atoms with Crippen LogP contribution in [-0.2, 0) is 6.54 Å². The highest BCUT2D eigenvalue weighted by molar-refractivity contribution is 5.90. The summed E-state index contributed by atoms with van der Waals surface area (Å²) in [6.45, 7) is 5.67. The van der Waals surface area contributed by atoms with E-state index in [2.05, 4.69) is 70.7 Å². The van der Waals surface area contributed by atoms with Crippen LogP contribution in [0.3, 0.4) is 0 Å². The van der Waals surface area contributed by atoms with Gasteiger partial charge < -0.3 is 15.1 Å². The molecule has 1 N–H and O–H groups in total. The molecular formula is C22H24N4O. The summed E-state index contributed by atoms with van der Waals surface area (Å²) in [6, 6.07) is 18.6. The summed E-state index contributed by atoms with van der Waals surface area (Å²) >= 11 is 0. The number of piperazine rings is 1. The monoisotopic (exact) mass is 360 g/mol. The van der Waals surface area contributed by atoms with Crippen LogP contribution in [0.1, 0.15) is 11.1 Å². The highest BCUT2D eigenvalue weighted by atomic mass is 16.2. The topological polar surface area (TPSA) is 48.5 Å². The molecule has 3 aromatic rings. The summed E-state index contributed by atoms with van der Waals surface area (Å²) in [7, 11) is 0. The number of aryl methyl sites for hydroxylation is 1. The van der Waals surface area contributed by atoms with E-state index < -0.39 is 0 Å². The van der Waals surface area contributed by atoms with Gasteiger partial charge in [0.25, 0.3) is 0 Å². The van der Waals surface area contributed by atoms with Crippen molar-refractivity contribution in [2.75, 3.05) is 31.1 Å². The van der Waals surface area contributed by atoms with Crippen molar-refractivity contribution in [3.63, 3.8) is 0 Å². The second-order valence-corrected chi connectivity index (χ2v) is 6.97. The number of fused-ring (bicyclic) bond motifs is 1. The van der Waals surface area contributed by atoms with Crippen LogP contribution in [0, 0.1) is 6.92 Å². The minimum atomic E-state index is 0.00581. The SMILES string of the molecule is Cc1ccc(CNC(=O)N2CCN(c3cccc4cccnc34)CC2)cc1. The fourth-order valence-corrected chi connectivity index (χ4v) is 3.49. The Morgan fingerprint density at radius 2 is 1.74 bits per heavy atom. The number of rotatable bonds is 3. The van der Waals surface area contributed by atoms with Gasteiger partial charge in [-0.05, 0) is 24.6 Å². The molecule has 27 heavy (non-hydrogen) atoms. The van der Waals surface area contributed by atoms with Crippen LogP contribution >= 0.6 is 0 Å². The lowest BCUT2D eigenvalue weighted by molar-refractivity contribution is 0.194. The number of urea groups is 1. The van der Waals surface area contributed by atoms with E-state index in [4.69, 9.17) is 0 Å². The average molecular weight is 360 g/mol. The summed E-state index contributed by atoms with van der Waals surface area (Å²) in [6.07, 6.45) is 1.83. The second kappa shape index (κ2) is 7.66. The van der Waals surface area contributed by atoms with Gasteiger partial charge in [-0.1, -0.05) is 48.0 Å². The van der Waals surface area contributed by atoms with Crippen LogP contribution in [0.2, 0.25) is 0 Å². The Bertz CT molecular complexity index is 925. The van der Waals surface area contributed by atoms with E-state index >= 15 is 0 Å². The van der Waals surface area contributed by atoms with Crippen LogP contribution < -0.4 is 10.2 Å². The Morgan fingerprint density at radius 1 is 1.00 bits per heavy atom. The predicted octanol–water partition coefficient (Wildman–Crippen LogP) is 3.58. The van der Waals surface area contributed by atoms with Crippen molar-refractivity contribution in [2.24, 2.45) is 0 Å². The minimum Gasteiger partial charge on any atom is -0.366 e. The summed E-state index contributed by atoms with van der Waals surface area (Å²) in [5.74, 6) is 0. The molecule has 0 aliphatic carbocycles. The van der Waals surface area contributed by atoms with Gasteiger partial charge >= 0.3 is 6.03 Å². The number of carbonyl (C=O) groups is 1. The van der Waals surface area contributed by atoms with E-state index in [0.29, 0.717) is 19.6 Å². The van der Waals surface area contributed by atoms with E-state index in [1.807, 2.05) is 17.2 Å². The third kappa shape index (κ3) is 3.87. The number of hydrogen-bond donors (Lipinski definition) is 1. The molecule has 1 aliphatic rings. The zero-order valence-electron chi connectivity index (χ0n) is 15.6. The molecule has 2 heterocycles. The lowest BCUT2D eigenvalue weighted by Gasteiger charge is -2.36. The Morgan fingerprint density at radius 3 is 2.52 bits per heavy atom. The van der Waals surface area contributed by atoms with Gasteiger partial charge in [0, 0.05) is 44.3 Å². The molecule has 138 valence electrons.